The van der Waals surface area contributed by atoms with Crippen molar-refractivity contribution in [2.45, 2.75) is 32.1 Å². The minimum atomic E-state index is -0.936. The van der Waals surface area contributed by atoms with Crippen molar-refractivity contribution in [2.75, 3.05) is 0 Å². The predicted molar refractivity (Wildman–Crippen MR) is 61.5 cm³/mol. The van der Waals surface area contributed by atoms with Crippen molar-refractivity contribution >= 4 is 11.9 Å². The Morgan fingerprint density at radius 3 is 1.82 bits per heavy atom. The third-order valence-electron chi connectivity index (χ3n) is 4.20. The van der Waals surface area contributed by atoms with E-state index in [1.165, 1.54) is 0 Å². The third-order valence-corrected chi connectivity index (χ3v) is 4.20. The molecule has 0 radical (unpaired) electrons. The fourth-order valence-corrected chi connectivity index (χ4v) is 3.18. The van der Waals surface area contributed by atoms with Crippen LogP contribution in [-0.4, -0.2) is 22.2 Å². The molecule has 0 aromatic heterocycles. The first kappa shape index (κ1) is 11.9. The Hall–Kier alpha value is -1.58. The lowest BCUT2D eigenvalue weighted by Crippen LogP contribution is -2.50. The van der Waals surface area contributed by atoms with Crippen LogP contribution in [-0.2, 0) is 9.59 Å². The van der Waals surface area contributed by atoms with Crippen LogP contribution in [0.15, 0.2) is 24.3 Å². The number of aliphatic carboxylic acids is 2. The van der Waals surface area contributed by atoms with Gasteiger partial charge >= 0.3 is 11.9 Å². The molecule has 2 rings (SSSR count). The van der Waals surface area contributed by atoms with Gasteiger partial charge in [0.05, 0.1) is 11.8 Å². The third kappa shape index (κ3) is 1.68. The molecule has 0 unspecified atom stereocenters. The fourth-order valence-electron chi connectivity index (χ4n) is 3.18. The first-order valence-corrected chi connectivity index (χ1v) is 5.78. The Morgan fingerprint density at radius 2 is 1.41 bits per heavy atom. The van der Waals surface area contributed by atoms with Gasteiger partial charge in [-0.3, -0.25) is 9.59 Å². The van der Waals surface area contributed by atoms with E-state index in [1.54, 1.807) is 0 Å². The molecule has 17 heavy (non-hydrogen) atoms. The molecule has 2 aliphatic carbocycles. The molecule has 0 saturated heterocycles. The Kier molecular flexibility index (Phi) is 2.81. The van der Waals surface area contributed by atoms with Gasteiger partial charge in [0.15, 0.2) is 0 Å². The molecule has 4 heteroatoms. The fraction of sp³-hybridized carbons (Fsp3) is 0.538. The van der Waals surface area contributed by atoms with Crippen LogP contribution < -0.4 is 0 Å². The Balaban J connectivity index is 2.48. The van der Waals surface area contributed by atoms with E-state index >= 15 is 0 Å². The lowest BCUT2D eigenvalue weighted by molar-refractivity contribution is -0.163. The second kappa shape index (κ2) is 4.02. The van der Waals surface area contributed by atoms with E-state index in [4.69, 9.17) is 5.11 Å². The number of hydrogen-bond donors (Lipinski definition) is 2. The highest BCUT2D eigenvalue weighted by Crippen LogP contribution is 2.57. The van der Waals surface area contributed by atoms with Gasteiger partial charge in [0, 0.05) is 5.41 Å². The summed E-state index contributed by atoms with van der Waals surface area (Å²) in [5, 5.41) is 18.6. The standard InChI is InChI=1S/C13H16O4/c14-10(15)9-12-5-1-3-7-13(12,11(16)17)8-4-2-6-12/h1-4H,5-9H2,(H,14,15)(H,16,17). The summed E-state index contributed by atoms with van der Waals surface area (Å²) in [4.78, 5) is 22.7. The molecular weight excluding hydrogens is 220 g/mol. The summed E-state index contributed by atoms with van der Waals surface area (Å²) in [6.45, 7) is 0. The van der Waals surface area contributed by atoms with Gasteiger partial charge in [-0.05, 0) is 25.7 Å². The molecule has 92 valence electrons. The SMILES string of the molecule is O=C(O)CC12CC=CCC1(C(=O)O)CC=CC2. The highest BCUT2D eigenvalue weighted by Gasteiger charge is 2.57. The van der Waals surface area contributed by atoms with Gasteiger partial charge in [0.1, 0.15) is 0 Å². The van der Waals surface area contributed by atoms with Gasteiger partial charge in [0.2, 0.25) is 0 Å². The molecule has 0 saturated carbocycles. The summed E-state index contributed by atoms with van der Waals surface area (Å²) in [7, 11) is 0. The molecule has 0 bridgehead atoms. The topological polar surface area (TPSA) is 74.6 Å². The number of rotatable bonds is 3. The van der Waals surface area contributed by atoms with Crippen molar-refractivity contribution in [1.82, 2.24) is 0 Å². The van der Waals surface area contributed by atoms with Crippen LogP contribution in [0.1, 0.15) is 32.1 Å². The second-order valence-corrected chi connectivity index (χ2v) is 5.00. The van der Waals surface area contributed by atoms with E-state index in [0.717, 1.165) is 0 Å². The summed E-state index contributed by atoms with van der Waals surface area (Å²) in [6, 6.07) is 0. The lowest BCUT2D eigenvalue weighted by atomic mass is 9.52. The molecule has 0 aliphatic heterocycles. The molecule has 0 atom stereocenters. The maximum atomic E-state index is 11.6. The van der Waals surface area contributed by atoms with E-state index in [2.05, 4.69) is 0 Å². The number of hydrogen-bond acceptors (Lipinski definition) is 2. The van der Waals surface area contributed by atoms with Gasteiger partial charge in [-0.25, -0.2) is 0 Å². The monoisotopic (exact) mass is 236 g/mol. The summed E-state index contributed by atoms with van der Waals surface area (Å²) < 4.78 is 0. The Morgan fingerprint density at radius 1 is 0.941 bits per heavy atom. The molecule has 0 aromatic carbocycles. The summed E-state index contributed by atoms with van der Waals surface area (Å²) in [5.41, 5.74) is -1.59. The van der Waals surface area contributed by atoms with Crippen molar-refractivity contribution in [3.8, 4) is 0 Å². The molecule has 0 heterocycles. The average molecular weight is 236 g/mol. The molecule has 0 aromatic rings. The smallest absolute Gasteiger partial charge is 0.310 e. The molecule has 4 nitrogen and oxygen atoms in total. The quantitative estimate of drug-likeness (QED) is 0.737. The van der Waals surface area contributed by atoms with Crippen LogP contribution in [0, 0.1) is 10.8 Å². The zero-order chi connectivity index (χ0) is 12.5. The Labute approximate surface area is 99.6 Å². The van der Waals surface area contributed by atoms with E-state index in [9.17, 15) is 14.7 Å². The number of carboxylic acid groups (broad SMARTS) is 2. The minimum Gasteiger partial charge on any atom is -0.481 e. The molecular formula is C13H16O4. The molecule has 0 spiro atoms. The van der Waals surface area contributed by atoms with Crippen LogP contribution in [0.4, 0.5) is 0 Å². The van der Waals surface area contributed by atoms with Crippen molar-refractivity contribution < 1.29 is 19.8 Å². The van der Waals surface area contributed by atoms with Crippen molar-refractivity contribution in [2.24, 2.45) is 10.8 Å². The van der Waals surface area contributed by atoms with E-state index in [1.807, 2.05) is 24.3 Å². The number of carbonyl (C=O) groups is 2. The van der Waals surface area contributed by atoms with Crippen molar-refractivity contribution in [1.29, 1.82) is 0 Å². The van der Waals surface area contributed by atoms with Gasteiger partial charge in [0.25, 0.3) is 0 Å². The van der Waals surface area contributed by atoms with E-state index < -0.39 is 22.8 Å². The number of carboxylic acids is 2. The second-order valence-electron chi connectivity index (χ2n) is 5.00. The normalized spacial score (nSPS) is 35.3. The molecule has 0 fully saturated rings. The summed E-state index contributed by atoms with van der Waals surface area (Å²) in [5.74, 6) is -1.78. The molecule has 2 aliphatic rings. The highest BCUT2D eigenvalue weighted by molar-refractivity contribution is 5.79. The first-order chi connectivity index (χ1) is 8.02. The van der Waals surface area contributed by atoms with Gasteiger partial charge < -0.3 is 10.2 Å². The Bertz CT molecular complexity index is 388. The van der Waals surface area contributed by atoms with E-state index in [-0.39, 0.29) is 6.42 Å². The molecule has 2 N–H and O–H groups in total. The summed E-state index contributed by atoms with van der Waals surface area (Å²) in [6.07, 6.45) is 9.44. The molecule has 0 amide bonds. The predicted octanol–water partition coefficient (Wildman–Crippen LogP) is 2.22. The zero-order valence-corrected chi connectivity index (χ0v) is 9.56. The van der Waals surface area contributed by atoms with Gasteiger partial charge in [-0.2, -0.15) is 0 Å². The zero-order valence-electron chi connectivity index (χ0n) is 9.56. The average Bonchev–Trinajstić information content (AvgIpc) is 2.27. The van der Waals surface area contributed by atoms with Crippen LogP contribution >= 0.6 is 0 Å². The van der Waals surface area contributed by atoms with Crippen LogP contribution in [0.5, 0.6) is 0 Å². The van der Waals surface area contributed by atoms with Crippen molar-refractivity contribution in [3.05, 3.63) is 24.3 Å². The van der Waals surface area contributed by atoms with Gasteiger partial charge in [-0.1, -0.05) is 24.3 Å². The minimum absolute atomic E-state index is 0.0754. The van der Waals surface area contributed by atoms with Gasteiger partial charge in [-0.15, -0.1) is 0 Å². The highest BCUT2D eigenvalue weighted by atomic mass is 16.4. The maximum absolute atomic E-state index is 11.6. The van der Waals surface area contributed by atoms with E-state index in [0.29, 0.717) is 25.7 Å². The first-order valence-electron chi connectivity index (χ1n) is 5.78. The largest absolute Gasteiger partial charge is 0.481 e. The van der Waals surface area contributed by atoms with Crippen LogP contribution in [0.2, 0.25) is 0 Å². The number of allylic oxidation sites excluding steroid dienone is 4. The van der Waals surface area contributed by atoms with Crippen LogP contribution in [0.25, 0.3) is 0 Å². The summed E-state index contributed by atoms with van der Waals surface area (Å²) >= 11 is 0. The number of fused-ring (bicyclic) bond motifs is 1. The maximum Gasteiger partial charge on any atom is 0.310 e. The van der Waals surface area contributed by atoms with Crippen molar-refractivity contribution in [3.63, 3.8) is 0 Å². The lowest BCUT2D eigenvalue weighted by Gasteiger charge is -2.50. The van der Waals surface area contributed by atoms with Crippen LogP contribution in [0.3, 0.4) is 0 Å².